The van der Waals surface area contributed by atoms with Crippen LogP contribution in [-0.4, -0.2) is 29.1 Å². The molecule has 1 heterocycles. The van der Waals surface area contributed by atoms with Crippen molar-refractivity contribution in [3.8, 4) is 0 Å². The second kappa shape index (κ2) is 5.80. The number of benzene rings is 1. The summed E-state index contributed by atoms with van der Waals surface area (Å²) in [7, 11) is 0. The number of carboxylic acid groups (broad SMARTS) is 1. The standard InChI is InChI=1S/C18H25NO2/c1-2-10-18(17(20)21)11-5-12-19(13-18)16-9-8-14-6-3-4-7-15(14)16/h3-4,6-7,16H,2,5,8-13H2,1H3,(H,20,21). The zero-order valence-electron chi connectivity index (χ0n) is 12.8. The molecule has 1 N–H and O–H groups in total. The average Bonchev–Trinajstić information content (AvgIpc) is 2.91. The molecule has 0 saturated carbocycles. The van der Waals surface area contributed by atoms with E-state index in [-0.39, 0.29) is 0 Å². The highest BCUT2D eigenvalue weighted by molar-refractivity contribution is 5.75. The highest BCUT2D eigenvalue weighted by Gasteiger charge is 2.43. The molecule has 0 spiro atoms. The Balaban J connectivity index is 1.82. The van der Waals surface area contributed by atoms with Crippen molar-refractivity contribution in [1.82, 2.24) is 4.90 Å². The van der Waals surface area contributed by atoms with Gasteiger partial charge in [0.2, 0.25) is 0 Å². The van der Waals surface area contributed by atoms with E-state index in [1.54, 1.807) is 0 Å². The number of carboxylic acids is 1. The highest BCUT2D eigenvalue weighted by atomic mass is 16.4. The third-order valence-electron chi connectivity index (χ3n) is 5.33. The van der Waals surface area contributed by atoms with Gasteiger partial charge in [0.05, 0.1) is 5.41 Å². The van der Waals surface area contributed by atoms with Crippen molar-refractivity contribution in [3.63, 3.8) is 0 Å². The van der Waals surface area contributed by atoms with E-state index >= 15 is 0 Å². The van der Waals surface area contributed by atoms with Gasteiger partial charge in [0.25, 0.3) is 0 Å². The van der Waals surface area contributed by atoms with Crippen LogP contribution in [0, 0.1) is 5.41 Å². The minimum atomic E-state index is -0.597. The maximum Gasteiger partial charge on any atom is 0.310 e. The molecule has 1 fully saturated rings. The summed E-state index contributed by atoms with van der Waals surface area (Å²) in [6.45, 7) is 3.85. The molecule has 0 amide bonds. The van der Waals surface area contributed by atoms with Crippen LogP contribution in [0.3, 0.4) is 0 Å². The first-order chi connectivity index (χ1) is 10.2. The summed E-state index contributed by atoms with van der Waals surface area (Å²) in [6, 6.07) is 9.09. The van der Waals surface area contributed by atoms with Gasteiger partial charge in [0.15, 0.2) is 0 Å². The largest absolute Gasteiger partial charge is 0.481 e. The van der Waals surface area contributed by atoms with Crippen LogP contribution in [-0.2, 0) is 11.2 Å². The lowest BCUT2D eigenvalue weighted by molar-refractivity contribution is -0.154. The average molecular weight is 287 g/mol. The lowest BCUT2D eigenvalue weighted by atomic mass is 9.76. The number of aryl methyl sites for hydroxylation is 1. The van der Waals surface area contributed by atoms with Crippen molar-refractivity contribution < 1.29 is 9.90 Å². The number of nitrogens with zero attached hydrogens (tertiary/aromatic N) is 1. The second-order valence-electron chi connectivity index (χ2n) is 6.66. The van der Waals surface area contributed by atoms with Gasteiger partial charge in [-0.05, 0) is 49.8 Å². The first-order valence-corrected chi connectivity index (χ1v) is 8.21. The lowest BCUT2D eigenvalue weighted by Crippen LogP contribution is -2.48. The van der Waals surface area contributed by atoms with Gasteiger partial charge < -0.3 is 5.11 Å². The van der Waals surface area contributed by atoms with Crippen molar-refractivity contribution in [2.24, 2.45) is 5.41 Å². The summed E-state index contributed by atoms with van der Waals surface area (Å²) in [5.74, 6) is -0.597. The molecule has 2 aliphatic rings. The van der Waals surface area contributed by atoms with Crippen LogP contribution in [0.25, 0.3) is 0 Å². The van der Waals surface area contributed by atoms with E-state index in [9.17, 15) is 9.90 Å². The Bertz CT molecular complexity index is 524. The molecule has 0 bridgehead atoms. The first-order valence-electron chi connectivity index (χ1n) is 8.21. The Morgan fingerprint density at radius 3 is 3.00 bits per heavy atom. The van der Waals surface area contributed by atoms with Crippen LogP contribution < -0.4 is 0 Å². The minimum Gasteiger partial charge on any atom is -0.481 e. The van der Waals surface area contributed by atoms with Gasteiger partial charge in [-0.25, -0.2) is 0 Å². The third-order valence-corrected chi connectivity index (χ3v) is 5.33. The van der Waals surface area contributed by atoms with Gasteiger partial charge in [-0.15, -0.1) is 0 Å². The van der Waals surface area contributed by atoms with E-state index in [0.717, 1.165) is 51.6 Å². The summed E-state index contributed by atoms with van der Waals surface area (Å²) in [5, 5.41) is 9.75. The van der Waals surface area contributed by atoms with Crippen LogP contribution in [0.4, 0.5) is 0 Å². The Labute approximate surface area is 127 Å². The molecule has 114 valence electrons. The van der Waals surface area contributed by atoms with E-state index in [4.69, 9.17) is 0 Å². The molecule has 0 radical (unpaired) electrons. The molecule has 3 rings (SSSR count). The SMILES string of the molecule is CCCC1(C(=O)O)CCCN(C2CCc3ccccc32)C1. The van der Waals surface area contributed by atoms with Crippen LogP contribution in [0.15, 0.2) is 24.3 Å². The minimum absolute atomic E-state index is 0.428. The van der Waals surface area contributed by atoms with Crippen molar-refractivity contribution in [1.29, 1.82) is 0 Å². The number of aliphatic carboxylic acids is 1. The Morgan fingerprint density at radius 2 is 2.24 bits per heavy atom. The molecule has 1 aromatic carbocycles. The normalized spacial score (nSPS) is 29.3. The molecule has 1 saturated heterocycles. The number of hydrogen-bond acceptors (Lipinski definition) is 2. The molecular weight excluding hydrogens is 262 g/mol. The number of carbonyl (C=O) groups is 1. The van der Waals surface area contributed by atoms with Gasteiger partial charge in [-0.2, -0.15) is 0 Å². The van der Waals surface area contributed by atoms with Gasteiger partial charge in [-0.3, -0.25) is 9.69 Å². The first kappa shape index (κ1) is 14.6. The zero-order chi connectivity index (χ0) is 14.9. The van der Waals surface area contributed by atoms with Crippen LogP contribution in [0.1, 0.15) is 56.2 Å². The van der Waals surface area contributed by atoms with Gasteiger partial charge >= 0.3 is 5.97 Å². The molecule has 2 atom stereocenters. The molecular formula is C18H25NO2. The Morgan fingerprint density at radius 1 is 1.43 bits per heavy atom. The van der Waals surface area contributed by atoms with Gasteiger partial charge in [0, 0.05) is 12.6 Å². The monoisotopic (exact) mass is 287 g/mol. The van der Waals surface area contributed by atoms with E-state index in [1.807, 2.05) is 0 Å². The summed E-state index contributed by atoms with van der Waals surface area (Å²) < 4.78 is 0. The van der Waals surface area contributed by atoms with Crippen molar-refractivity contribution in [2.75, 3.05) is 13.1 Å². The third kappa shape index (κ3) is 2.59. The van der Waals surface area contributed by atoms with Gasteiger partial charge in [0.1, 0.15) is 0 Å². The number of rotatable bonds is 4. The molecule has 2 unspecified atom stereocenters. The van der Waals surface area contributed by atoms with Crippen molar-refractivity contribution in [3.05, 3.63) is 35.4 Å². The van der Waals surface area contributed by atoms with Crippen LogP contribution in [0.2, 0.25) is 0 Å². The number of piperidine rings is 1. The highest BCUT2D eigenvalue weighted by Crippen LogP contribution is 2.42. The Kier molecular flexibility index (Phi) is 4.03. The molecule has 3 heteroatoms. The maximum absolute atomic E-state index is 11.8. The van der Waals surface area contributed by atoms with E-state index < -0.39 is 11.4 Å². The van der Waals surface area contributed by atoms with E-state index in [0.29, 0.717) is 6.04 Å². The van der Waals surface area contributed by atoms with E-state index in [2.05, 4.69) is 36.1 Å². The second-order valence-corrected chi connectivity index (χ2v) is 6.66. The smallest absolute Gasteiger partial charge is 0.310 e. The Hall–Kier alpha value is -1.35. The fourth-order valence-electron chi connectivity index (χ4n) is 4.31. The molecule has 1 aromatic rings. The lowest BCUT2D eigenvalue weighted by Gasteiger charge is -2.43. The number of fused-ring (bicyclic) bond motifs is 1. The summed E-state index contributed by atoms with van der Waals surface area (Å²) in [6.07, 6.45) is 5.85. The van der Waals surface area contributed by atoms with E-state index in [1.165, 1.54) is 11.1 Å². The predicted octanol–water partition coefficient (Wildman–Crippen LogP) is 3.64. The summed E-state index contributed by atoms with van der Waals surface area (Å²) >= 11 is 0. The van der Waals surface area contributed by atoms with Crippen molar-refractivity contribution >= 4 is 5.97 Å². The quantitative estimate of drug-likeness (QED) is 0.919. The van der Waals surface area contributed by atoms with Gasteiger partial charge in [-0.1, -0.05) is 37.6 Å². The molecule has 21 heavy (non-hydrogen) atoms. The summed E-state index contributed by atoms with van der Waals surface area (Å²) in [4.78, 5) is 14.3. The van der Waals surface area contributed by atoms with Crippen molar-refractivity contribution in [2.45, 2.75) is 51.5 Å². The zero-order valence-corrected chi connectivity index (χ0v) is 12.8. The molecule has 1 aliphatic carbocycles. The number of likely N-dealkylation sites (tertiary alicyclic amines) is 1. The van der Waals surface area contributed by atoms with Crippen LogP contribution in [0.5, 0.6) is 0 Å². The predicted molar refractivity (Wildman–Crippen MR) is 83.3 cm³/mol. The fourth-order valence-corrected chi connectivity index (χ4v) is 4.31. The molecule has 0 aromatic heterocycles. The topological polar surface area (TPSA) is 40.5 Å². The number of hydrogen-bond donors (Lipinski definition) is 1. The molecule has 3 nitrogen and oxygen atoms in total. The maximum atomic E-state index is 11.8. The van der Waals surface area contributed by atoms with Crippen LogP contribution >= 0.6 is 0 Å². The molecule has 1 aliphatic heterocycles. The summed E-state index contributed by atoms with van der Waals surface area (Å²) in [5.41, 5.74) is 2.35. The fraction of sp³-hybridized carbons (Fsp3) is 0.611.